The first kappa shape index (κ1) is 12.9. The minimum absolute atomic E-state index is 0.0445. The fraction of sp³-hybridized carbons (Fsp3) is 0. The van der Waals surface area contributed by atoms with Gasteiger partial charge in [0.15, 0.2) is 0 Å². The maximum absolute atomic E-state index is 12.5. The molecule has 0 aliphatic carbocycles. The number of nitrogen functional groups attached to an aromatic ring is 2. The van der Waals surface area contributed by atoms with Crippen LogP contribution in [0.25, 0.3) is 0 Å². The molecule has 4 nitrogen and oxygen atoms in total. The molecule has 2 aromatic carbocycles. The van der Waals surface area contributed by atoms with E-state index < -0.39 is 9.84 Å². The van der Waals surface area contributed by atoms with E-state index in [-0.39, 0.29) is 21.2 Å². The lowest BCUT2D eigenvalue weighted by Crippen LogP contribution is -2.09. The fourth-order valence-electron chi connectivity index (χ4n) is 1.66. The summed E-state index contributed by atoms with van der Waals surface area (Å²) in [6.07, 6.45) is 0. The molecule has 0 saturated heterocycles. The third-order valence-electron chi connectivity index (χ3n) is 2.47. The number of halogens is 1. The molecule has 18 heavy (non-hydrogen) atoms. The summed E-state index contributed by atoms with van der Waals surface area (Å²) in [5.74, 6) is 0. The molecule has 6 heteroatoms. The summed E-state index contributed by atoms with van der Waals surface area (Å²) in [5.41, 5.74) is 11.7. The fourth-order valence-corrected chi connectivity index (χ4v) is 4.14. The molecular weight excluding hydrogens is 316 g/mol. The number of sulfone groups is 1. The highest BCUT2D eigenvalue weighted by molar-refractivity contribution is 9.10. The van der Waals surface area contributed by atoms with Crippen molar-refractivity contribution in [1.29, 1.82) is 0 Å². The lowest BCUT2D eigenvalue weighted by atomic mass is 10.3. The maximum Gasteiger partial charge on any atom is 0.211 e. The van der Waals surface area contributed by atoms with Crippen LogP contribution in [0.3, 0.4) is 0 Å². The average Bonchev–Trinajstić information content (AvgIpc) is 2.28. The predicted octanol–water partition coefficient (Wildman–Crippen LogP) is 2.45. The highest BCUT2D eigenvalue weighted by Crippen LogP contribution is 2.33. The van der Waals surface area contributed by atoms with Gasteiger partial charge in [-0.05, 0) is 40.2 Å². The molecule has 2 rings (SSSR count). The monoisotopic (exact) mass is 326 g/mol. The summed E-state index contributed by atoms with van der Waals surface area (Å²) in [7, 11) is -3.73. The second-order valence-corrected chi connectivity index (χ2v) is 6.41. The average molecular weight is 327 g/mol. The second-order valence-electron chi connectivity index (χ2n) is 3.70. The molecule has 0 aliphatic rings. The summed E-state index contributed by atoms with van der Waals surface area (Å²) in [5, 5.41) is 0. The van der Waals surface area contributed by atoms with E-state index in [9.17, 15) is 8.42 Å². The molecule has 0 heterocycles. The minimum atomic E-state index is -3.73. The van der Waals surface area contributed by atoms with Crippen LogP contribution in [0, 0.1) is 0 Å². The van der Waals surface area contributed by atoms with Crippen LogP contribution >= 0.6 is 15.9 Å². The Morgan fingerprint density at radius 1 is 0.889 bits per heavy atom. The van der Waals surface area contributed by atoms with Crippen LogP contribution in [0.2, 0.25) is 0 Å². The Morgan fingerprint density at radius 3 is 2.00 bits per heavy atom. The van der Waals surface area contributed by atoms with E-state index in [1.165, 1.54) is 18.2 Å². The summed E-state index contributed by atoms with van der Waals surface area (Å²) in [6, 6.07) is 11.2. The number of anilines is 2. The van der Waals surface area contributed by atoms with Crippen LogP contribution in [0.4, 0.5) is 11.4 Å². The lowest BCUT2D eigenvalue weighted by Gasteiger charge is -2.11. The third kappa shape index (κ3) is 2.09. The van der Waals surface area contributed by atoms with Gasteiger partial charge in [-0.3, -0.25) is 0 Å². The summed E-state index contributed by atoms with van der Waals surface area (Å²) in [6.45, 7) is 0. The van der Waals surface area contributed by atoms with Gasteiger partial charge in [0.25, 0.3) is 0 Å². The smallest absolute Gasteiger partial charge is 0.211 e. The van der Waals surface area contributed by atoms with Gasteiger partial charge >= 0.3 is 0 Å². The molecule has 0 fully saturated rings. The van der Waals surface area contributed by atoms with Gasteiger partial charge in [-0.25, -0.2) is 8.42 Å². The van der Waals surface area contributed by atoms with Gasteiger partial charge in [0, 0.05) is 4.47 Å². The third-order valence-corrected chi connectivity index (χ3v) is 5.37. The van der Waals surface area contributed by atoms with E-state index in [1.807, 2.05) is 0 Å². The van der Waals surface area contributed by atoms with Crippen LogP contribution in [0.15, 0.2) is 56.7 Å². The van der Waals surface area contributed by atoms with Crippen molar-refractivity contribution in [3.63, 3.8) is 0 Å². The summed E-state index contributed by atoms with van der Waals surface area (Å²) >= 11 is 3.22. The quantitative estimate of drug-likeness (QED) is 0.830. The molecule has 0 saturated carbocycles. The largest absolute Gasteiger partial charge is 0.398 e. The van der Waals surface area contributed by atoms with Crippen molar-refractivity contribution in [3.05, 3.63) is 46.9 Å². The van der Waals surface area contributed by atoms with Gasteiger partial charge in [0.05, 0.1) is 16.3 Å². The molecule has 4 N–H and O–H groups in total. The van der Waals surface area contributed by atoms with Crippen molar-refractivity contribution in [2.24, 2.45) is 0 Å². The van der Waals surface area contributed by atoms with Gasteiger partial charge < -0.3 is 11.5 Å². The molecule has 0 bridgehead atoms. The van der Waals surface area contributed by atoms with Crippen molar-refractivity contribution in [2.75, 3.05) is 11.5 Å². The SMILES string of the molecule is Nc1cccc(N)c1S(=O)(=O)c1ccccc1Br. The molecule has 0 aliphatic heterocycles. The lowest BCUT2D eigenvalue weighted by molar-refractivity contribution is 0.596. The number of benzene rings is 2. The Hall–Kier alpha value is -1.53. The Balaban J connectivity index is 2.75. The van der Waals surface area contributed by atoms with Gasteiger partial charge in [-0.1, -0.05) is 18.2 Å². The molecule has 0 atom stereocenters. The van der Waals surface area contributed by atoms with E-state index in [0.717, 1.165) is 0 Å². The Kier molecular flexibility index (Phi) is 3.32. The molecule has 94 valence electrons. The van der Waals surface area contributed by atoms with Crippen LogP contribution in [0.5, 0.6) is 0 Å². The zero-order chi connectivity index (χ0) is 13.3. The highest BCUT2D eigenvalue weighted by atomic mass is 79.9. The second kappa shape index (κ2) is 4.62. The van der Waals surface area contributed by atoms with Gasteiger partial charge in [-0.15, -0.1) is 0 Å². The standard InChI is InChI=1S/C12H11BrN2O2S/c13-8-4-1-2-7-11(8)18(16,17)12-9(14)5-3-6-10(12)15/h1-7H,14-15H2. The van der Waals surface area contributed by atoms with Crippen LogP contribution in [-0.2, 0) is 9.84 Å². The zero-order valence-corrected chi connectivity index (χ0v) is 11.7. The van der Waals surface area contributed by atoms with Crippen LogP contribution in [0.1, 0.15) is 0 Å². The van der Waals surface area contributed by atoms with Gasteiger partial charge in [0.2, 0.25) is 9.84 Å². The molecule has 2 aromatic rings. The first-order valence-corrected chi connectivity index (χ1v) is 7.36. The summed E-state index contributed by atoms with van der Waals surface area (Å²) in [4.78, 5) is 0.103. The number of hydrogen-bond acceptors (Lipinski definition) is 4. The maximum atomic E-state index is 12.5. The summed E-state index contributed by atoms with van der Waals surface area (Å²) < 4.78 is 25.5. The Labute approximate surface area is 114 Å². The van der Waals surface area contributed by atoms with E-state index >= 15 is 0 Å². The highest BCUT2D eigenvalue weighted by Gasteiger charge is 2.24. The Morgan fingerprint density at radius 2 is 1.44 bits per heavy atom. The van der Waals surface area contributed by atoms with E-state index in [4.69, 9.17) is 11.5 Å². The normalized spacial score (nSPS) is 11.4. The zero-order valence-electron chi connectivity index (χ0n) is 9.30. The van der Waals surface area contributed by atoms with Crippen molar-refractivity contribution in [2.45, 2.75) is 9.79 Å². The Bertz CT molecular complexity index is 679. The van der Waals surface area contributed by atoms with Crippen molar-refractivity contribution in [3.8, 4) is 0 Å². The van der Waals surface area contributed by atoms with Crippen molar-refractivity contribution < 1.29 is 8.42 Å². The molecule has 0 unspecified atom stereocenters. The van der Waals surface area contributed by atoms with Gasteiger partial charge in [-0.2, -0.15) is 0 Å². The first-order valence-electron chi connectivity index (χ1n) is 5.08. The predicted molar refractivity (Wildman–Crippen MR) is 74.9 cm³/mol. The molecule has 0 spiro atoms. The molecule has 0 amide bonds. The molecule has 0 radical (unpaired) electrons. The van der Waals surface area contributed by atoms with Crippen LogP contribution < -0.4 is 11.5 Å². The molecule has 0 aromatic heterocycles. The van der Waals surface area contributed by atoms with E-state index in [1.54, 1.807) is 24.3 Å². The van der Waals surface area contributed by atoms with Crippen LogP contribution in [-0.4, -0.2) is 8.42 Å². The van der Waals surface area contributed by atoms with E-state index in [2.05, 4.69) is 15.9 Å². The first-order chi connectivity index (χ1) is 8.44. The van der Waals surface area contributed by atoms with Crippen molar-refractivity contribution in [1.82, 2.24) is 0 Å². The minimum Gasteiger partial charge on any atom is -0.398 e. The topological polar surface area (TPSA) is 86.2 Å². The molecular formula is C12H11BrN2O2S. The number of hydrogen-bond donors (Lipinski definition) is 2. The number of nitrogens with two attached hydrogens (primary N) is 2. The number of rotatable bonds is 2. The van der Waals surface area contributed by atoms with E-state index in [0.29, 0.717) is 4.47 Å². The van der Waals surface area contributed by atoms with Crippen molar-refractivity contribution >= 4 is 37.1 Å². The van der Waals surface area contributed by atoms with Gasteiger partial charge in [0.1, 0.15) is 4.90 Å².